The average Bonchev–Trinajstić information content (AvgIpc) is 3.41. The molecule has 0 aromatic carbocycles. The standard InChI is InChI=1S/C49H87NO8/c1-5-7-9-11-13-19-25-31-47(51)56-39-29-23-17-15-21-27-37-54-45-34-33-44(43-58-49(53)35-36-50(3)4)41-46(42-45)55-38-28-22-16-18-24-30-40-57-48(52)32-26-20-14-12-10-8-6-2/h34,41-42H,5-33,35-40,43H2,1-4H3. The SMILES string of the molecule is CCCCCCCCCC(=O)OCCCCCCCCOC1=CCC(COC(=O)CCN(C)C)=CC(OCCCCCCCCOC(=O)CCCCCCCCC)=C1. The van der Waals surface area contributed by atoms with Crippen LogP contribution in [-0.4, -0.2) is 76.5 Å². The van der Waals surface area contributed by atoms with Crippen LogP contribution in [0.2, 0.25) is 0 Å². The van der Waals surface area contributed by atoms with Crippen molar-refractivity contribution in [3.8, 4) is 0 Å². The maximum absolute atomic E-state index is 12.3. The van der Waals surface area contributed by atoms with Gasteiger partial charge in [0.15, 0.2) is 0 Å². The third-order valence-corrected chi connectivity index (χ3v) is 10.5. The van der Waals surface area contributed by atoms with Crippen LogP contribution >= 0.6 is 0 Å². The van der Waals surface area contributed by atoms with Crippen molar-refractivity contribution in [1.82, 2.24) is 4.90 Å². The first-order valence-corrected chi connectivity index (χ1v) is 23.8. The van der Waals surface area contributed by atoms with Crippen LogP contribution in [0, 0.1) is 0 Å². The van der Waals surface area contributed by atoms with E-state index in [4.69, 9.17) is 23.7 Å². The van der Waals surface area contributed by atoms with E-state index in [0.717, 1.165) is 120 Å². The van der Waals surface area contributed by atoms with Gasteiger partial charge in [-0.15, -0.1) is 0 Å². The van der Waals surface area contributed by atoms with E-state index in [1.54, 1.807) is 0 Å². The van der Waals surface area contributed by atoms with Crippen molar-refractivity contribution in [2.45, 2.75) is 206 Å². The summed E-state index contributed by atoms with van der Waals surface area (Å²) in [5.74, 6) is 1.24. The van der Waals surface area contributed by atoms with Gasteiger partial charge in [0, 0.05) is 25.5 Å². The van der Waals surface area contributed by atoms with E-state index in [9.17, 15) is 14.4 Å². The van der Waals surface area contributed by atoms with Crippen molar-refractivity contribution in [2.24, 2.45) is 0 Å². The first kappa shape index (κ1) is 53.2. The predicted molar refractivity (Wildman–Crippen MR) is 237 cm³/mol. The van der Waals surface area contributed by atoms with Gasteiger partial charge in [-0.25, -0.2) is 0 Å². The van der Waals surface area contributed by atoms with Gasteiger partial charge in [-0.05, 0) is 76.8 Å². The molecule has 0 atom stereocenters. The van der Waals surface area contributed by atoms with Gasteiger partial charge < -0.3 is 28.6 Å². The maximum Gasteiger partial charge on any atom is 0.307 e. The van der Waals surface area contributed by atoms with Crippen LogP contribution in [0.15, 0.2) is 35.3 Å². The number of rotatable bonds is 41. The van der Waals surface area contributed by atoms with E-state index in [2.05, 4.69) is 19.9 Å². The molecule has 0 aromatic heterocycles. The van der Waals surface area contributed by atoms with Gasteiger partial charge in [0.05, 0.1) is 32.8 Å². The minimum Gasteiger partial charge on any atom is -0.494 e. The van der Waals surface area contributed by atoms with E-state index in [0.29, 0.717) is 58.7 Å². The normalized spacial score (nSPS) is 12.7. The molecule has 0 radical (unpaired) electrons. The number of hydrogen-bond donors (Lipinski definition) is 0. The predicted octanol–water partition coefficient (Wildman–Crippen LogP) is 12.7. The summed E-state index contributed by atoms with van der Waals surface area (Å²) in [6.07, 6.45) is 37.6. The number of carbonyl (C=O) groups excluding carboxylic acids is 3. The molecule has 0 aliphatic heterocycles. The molecule has 0 spiro atoms. The molecule has 0 saturated carbocycles. The minimum atomic E-state index is -0.202. The Labute approximate surface area is 355 Å². The molecule has 0 unspecified atom stereocenters. The highest BCUT2D eigenvalue weighted by molar-refractivity contribution is 5.70. The Balaban J connectivity index is 2.28. The van der Waals surface area contributed by atoms with Crippen LogP contribution in [0.3, 0.4) is 0 Å². The molecule has 9 nitrogen and oxygen atoms in total. The smallest absolute Gasteiger partial charge is 0.307 e. The third-order valence-electron chi connectivity index (χ3n) is 10.5. The Hall–Kier alpha value is -2.81. The highest BCUT2D eigenvalue weighted by atomic mass is 16.5. The fourth-order valence-corrected chi connectivity index (χ4v) is 6.75. The molecule has 336 valence electrons. The lowest BCUT2D eigenvalue weighted by Crippen LogP contribution is -2.18. The number of ether oxygens (including phenoxy) is 5. The molecule has 9 heteroatoms. The van der Waals surface area contributed by atoms with Gasteiger partial charge >= 0.3 is 17.9 Å². The lowest BCUT2D eigenvalue weighted by atomic mass is 10.1. The zero-order chi connectivity index (χ0) is 42.2. The van der Waals surface area contributed by atoms with Crippen molar-refractivity contribution in [2.75, 3.05) is 53.7 Å². The quantitative estimate of drug-likeness (QED) is 0.0339. The van der Waals surface area contributed by atoms with Crippen molar-refractivity contribution in [3.05, 3.63) is 35.3 Å². The van der Waals surface area contributed by atoms with Crippen molar-refractivity contribution in [1.29, 1.82) is 0 Å². The molecule has 0 fully saturated rings. The first-order valence-electron chi connectivity index (χ1n) is 23.8. The van der Waals surface area contributed by atoms with E-state index in [1.165, 1.54) is 64.2 Å². The molecule has 0 saturated heterocycles. The molecule has 1 aliphatic rings. The van der Waals surface area contributed by atoms with Gasteiger partial charge in [-0.1, -0.05) is 142 Å². The Kier molecular flexibility index (Phi) is 36.4. The molecule has 1 rings (SSSR count). The Morgan fingerprint density at radius 2 is 0.862 bits per heavy atom. The van der Waals surface area contributed by atoms with Gasteiger partial charge in [0.1, 0.15) is 18.1 Å². The second-order valence-corrected chi connectivity index (χ2v) is 16.5. The summed E-state index contributed by atoms with van der Waals surface area (Å²) in [4.78, 5) is 38.2. The monoisotopic (exact) mass is 818 g/mol. The molecule has 0 heterocycles. The first-order chi connectivity index (χ1) is 28.3. The average molecular weight is 818 g/mol. The van der Waals surface area contributed by atoms with Gasteiger partial charge in [-0.2, -0.15) is 0 Å². The molecule has 0 amide bonds. The third kappa shape index (κ3) is 35.2. The summed E-state index contributed by atoms with van der Waals surface area (Å²) in [5.41, 5.74) is 0.981. The molecule has 0 bridgehead atoms. The van der Waals surface area contributed by atoms with Crippen LogP contribution in [0.1, 0.15) is 206 Å². The molecule has 58 heavy (non-hydrogen) atoms. The topological polar surface area (TPSA) is 101 Å². The molecule has 0 N–H and O–H groups in total. The summed E-state index contributed by atoms with van der Waals surface area (Å²) in [6, 6.07) is 0. The zero-order valence-electron chi connectivity index (χ0n) is 37.9. The minimum absolute atomic E-state index is 0.0442. The summed E-state index contributed by atoms with van der Waals surface area (Å²) in [7, 11) is 3.89. The van der Waals surface area contributed by atoms with Crippen LogP contribution in [-0.2, 0) is 38.1 Å². The second kappa shape index (κ2) is 39.6. The molecular weight excluding hydrogens is 731 g/mol. The summed E-state index contributed by atoms with van der Waals surface area (Å²) >= 11 is 0. The lowest BCUT2D eigenvalue weighted by Gasteiger charge is -2.11. The van der Waals surface area contributed by atoms with Gasteiger partial charge in [0.2, 0.25) is 0 Å². The van der Waals surface area contributed by atoms with Crippen LogP contribution < -0.4 is 0 Å². The molecule has 1 aliphatic carbocycles. The van der Waals surface area contributed by atoms with Gasteiger partial charge in [-0.3, -0.25) is 14.4 Å². The van der Waals surface area contributed by atoms with Crippen molar-refractivity contribution in [3.63, 3.8) is 0 Å². The number of carbonyl (C=O) groups is 3. The Morgan fingerprint density at radius 1 is 0.466 bits per heavy atom. The van der Waals surface area contributed by atoms with E-state index in [1.807, 2.05) is 31.1 Å². The number of allylic oxidation sites excluding steroid dienone is 3. The van der Waals surface area contributed by atoms with Crippen LogP contribution in [0.25, 0.3) is 0 Å². The number of nitrogens with zero attached hydrogens (tertiary/aromatic N) is 1. The Morgan fingerprint density at radius 3 is 1.33 bits per heavy atom. The largest absolute Gasteiger partial charge is 0.494 e. The fourth-order valence-electron chi connectivity index (χ4n) is 6.75. The van der Waals surface area contributed by atoms with E-state index in [-0.39, 0.29) is 24.5 Å². The number of esters is 3. The Bertz CT molecular complexity index is 1110. The lowest BCUT2D eigenvalue weighted by molar-refractivity contribution is -0.144. The summed E-state index contributed by atoms with van der Waals surface area (Å²) in [6.45, 7) is 7.67. The van der Waals surface area contributed by atoms with E-state index >= 15 is 0 Å². The maximum atomic E-state index is 12.3. The molecular formula is C49H87NO8. The highest BCUT2D eigenvalue weighted by Crippen LogP contribution is 2.21. The highest BCUT2D eigenvalue weighted by Gasteiger charge is 2.12. The van der Waals surface area contributed by atoms with Crippen molar-refractivity contribution < 1.29 is 38.1 Å². The molecule has 0 aromatic rings. The zero-order valence-corrected chi connectivity index (χ0v) is 37.9. The van der Waals surface area contributed by atoms with Crippen LogP contribution in [0.5, 0.6) is 0 Å². The second-order valence-electron chi connectivity index (χ2n) is 16.5. The fraction of sp³-hybridized carbons (Fsp3) is 0.816. The van der Waals surface area contributed by atoms with Crippen molar-refractivity contribution >= 4 is 17.9 Å². The number of unbranched alkanes of at least 4 members (excludes halogenated alkanes) is 22. The van der Waals surface area contributed by atoms with E-state index < -0.39 is 0 Å². The van der Waals surface area contributed by atoms with Crippen LogP contribution in [0.4, 0.5) is 0 Å². The van der Waals surface area contributed by atoms with Gasteiger partial charge in [0.25, 0.3) is 0 Å². The number of hydrogen-bond acceptors (Lipinski definition) is 9. The summed E-state index contributed by atoms with van der Waals surface area (Å²) < 4.78 is 28.9. The summed E-state index contributed by atoms with van der Waals surface area (Å²) in [5, 5.41) is 0.